The normalized spacial score (nSPS) is 24.4. The van der Waals surface area contributed by atoms with Crippen molar-refractivity contribution in [2.75, 3.05) is 19.8 Å². The van der Waals surface area contributed by atoms with Crippen LogP contribution in [0.3, 0.4) is 0 Å². The van der Waals surface area contributed by atoms with E-state index in [1.165, 1.54) is 0 Å². The van der Waals surface area contributed by atoms with E-state index in [0.29, 0.717) is 32.7 Å². The van der Waals surface area contributed by atoms with E-state index in [2.05, 4.69) is 5.32 Å². The number of nitrogens with two attached hydrogens (primary N) is 1. The number of fused-ring (bicyclic) bond motifs is 1. The molecule has 0 saturated carbocycles. The Morgan fingerprint density at radius 1 is 1.30 bits per heavy atom. The minimum Gasteiger partial charge on any atom is -0.491 e. The highest BCUT2D eigenvalue weighted by Crippen LogP contribution is 2.24. The van der Waals surface area contributed by atoms with Crippen molar-refractivity contribution in [3.05, 3.63) is 29.8 Å². The molecule has 3 N–H and O–H groups in total. The molecule has 1 aromatic carbocycles. The van der Waals surface area contributed by atoms with Crippen molar-refractivity contribution < 1.29 is 14.3 Å². The molecule has 108 valence electrons. The second kappa shape index (κ2) is 5.42. The number of ether oxygens (including phenoxy) is 2. The Hall–Kier alpha value is -1.59. The van der Waals surface area contributed by atoms with Crippen LogP contribution >= 0.6 is 0 Å². The topological polar surface area (TPSA) is 73.6 Å². The summed E-state index contributed by atoms with van der Waals surface area (Å²) in [5, 5.41) is 3.03. The van der Waals surface area contributed by atoms with Gasteiger partial charge in [-0.3, -0.25) is 4.79 Å². The number of nitrogens with one attached hydrogen (secondary N) is 1. The fraction of sp³-hybridized carbons (Fsp3) is 0.533. The molecular weight excluding hydrogens is 256 g/mol. The minimum absolute atomic E-state index is 0.0133. The molecule has 1 amide bonds. The standard InChI is InChI=1S/C15H20N2O3/c16-15(5-7-19-8-6-15)14(18)17-12-9-11-3-1-2-4-13(11)20-10-12/h1-4,12H,5-10,16H2,(H,17,18). The third kappa shape index (κ3) is 2.64. The number of hydrogen-bond donors (Lipinski definition) is 2. The third-order valence-electron chi connectivity index (χ3n) is 4.05. The Bertz CT molecular complexity index is 498. The molecule has 0 aliphatic carbocycles. The summed E-state index contributed by atoms with van der Waals surface area (Å²) in [4.78, 5) is 12.4. The highest BCUT2D eigenvalue weighted by atomic mass is 16.5. The van der Waals surface area contributed by atoms with Crippen LogP contribution in [0.15, 0.2) is 24.3 Å². The molecule has 20 heavy (non-hydrogen) atoms. The lowest BCUT2D eigenvalue weighted by Crippen LogP contribution is -2.60. The third-order valence-corrected chi connectivity index (χ3v) is 4.05. The van der Waals surface area contributed by atoms with E-state index in [9.17, 15) is 4.79 Å². The Labute approximate surface area is 118 Å². The fourth-order valence-electron chi connectivity index (χ4n) is 2.71. The number of carbonyl (C=O) groups is 1. The lowest BCUT2D eigenvalue weighted by Gasteiger charge is -2.34. The van der Waals surface area contributed by atoms with Crippen molar-refractivity contribution in [2.45, 2.75) is 30.8 Å². The summed E-state index contributed by atoms with van der Waals surface area (Å²) in [6.07, 6.45) is 1.93. The molecule has 1 atom stereocenters. The van der Waals surface area contributed by atoms with Crippen LogP contribution in [-0.2, 0) is 16.0 Å². The lowest BCUT2D eigenvalue weighted by atomic mass is 9.89. The fourth-order valence-corrected chi connectivity index (χ4v) is 2.71. The Morgan fingerprint density at radius 3 is 2.85 bits per heavy atom. The molecule has 5 heteroatoms. The van der Waals surface area contributed by atoms with E-state index in [1.807, 2.05) is 24.3 Å². The maximum atomic E-state index is 12.4. The molecule has 2 heterocycles. The van der Waals surface area contributed by atoms with Crippen LogP contribution in [-0.4, -0.2) is 37.3 Å². The molecule has 0 spiro atoms. The van der Waals surface area contributed by atoms with Gasteiger partial charge in [0, 0.05) is 13.2 Å². The average Bonchev–Trinajstić information content (AvgIpc) is 2.48. The first-order valence-corrected chi connectivity index (χ1v) is 7.06. The van der Waals surface area contributed by atoms with Gasteiger partial charge in [-0.2, -0.15) is 0 Å². The van der Waals surface area contributed by atoms with Gasteiger partial charge in [-0.05, 0) is 30.9 Å². The van der Waals surface area contributed by atoms with E-state index in [1.54, 1.807) is 0 Å². The second-order valence-corrected chi connectivity index (χ2v) is 5.56. The van der Waals surface area contributed by atoms with E-state index in [0.717, 1.165) is 17.7 Å². The van der Waals surface area contributed by atoms with Crippen LogP contribution in [0, 0.1) is 0 Å². The number of carbonyl (C=O) groups excluding carboxylic acids is 1. The number of amides is 1. The van der Waals surface area contributed by atoms with Gasteiger partial charge in [0.15, 0.2) is 0 Å². The smallest absolute Gasteiger partial charge is 0.240 e. The first kappa shape index (κ1) is 13.4. The second-order valence-electron chi connectivity index (χ2n) is 5.56. The van der Waals surface area contributed by atoms with Gasteiger partial charge in [0.1, 0.15) is 12.4 Å². The van der Waals surface area contributed by atoms with Crippen LogP contribution < -0.4 is 15.8 Å². The zero-order chi connectivity index (χ0) is 14.0. The monoisotopic (exact) mass is 276 g/mol. The van der Waals surface area contributed by atoms with E-state index < -0.39 is 5.54 Å². The summed E-state index contributed by atoms with van der Waals surface area (Å²) in [5.41, 5.74) is 6.51. The van der Waals surface area contributed by atoms with Crippen molar-refractivity contribution in [1.29, 1.82) is 0 Å². The summed E-state index contributed by atoms with van der Waals surface area (Å²) >= 11 is 0. The van der Waals surface area contributed by atoms with Crippen LogP contribution in [0.5, 0.6) is 5.75 Å². The summed E-state index contributed by atoms with van der Waals surface area (Å²) in [5.74, 6) is 0.820. The number of rotatable bonds is 2. The van der Waals surface area contributed by atoms with Crippen LogP contribution in [0.1, 0.15) is 18.4 Å². The molecule has 5 nitrogen and oxygen atoms in total. The van der Waals surface area contributed by atoms with Crippen molar-refractivity contribution in [1.82, 2.24) is 5.32 Å². The largest absolute Gasteiger partial charge is 0.491 e. The first-order chi connectivity index (χ1) is 9.67. The van der Waals surface area contributed by atoms with Gasteiger partial charge in [0.05, 0.1) is 11.6 Å². The van der Waals surface area contributed by atoms with E-state index in [4.69, 9.17) is 15.2 Å². The maximum absolute atomic E-state index is 12.4. The average molecular weight is 276 g/mol. The van der Waals surface area contributed by atoms with Gasteiger partial charge in [0.2, 0.25) is 5.91 Å². The Morgan fingerprint density at radius 2 is 2.05 bits per heavy atom. The van der Waals surface area contributed by atoms with Crippen molar-refractivity contribution in [3.8, 4) is 5.75 Å². The van der Waals surface area contributed by atoms with E-state index >= 15 is 0 Å². The molecule has 1 unspecified atom stereocenters. The molecular formula is C15H20N2O3. The van der Waals surface area contributed by atoms with Crippen molar-refractivity contribution in [2.24, 2.45) is 5.73 Å². The van der Waals surface area contributed by atoms with Gasteiger partial charge >= 0.3 is 0 Å². The molecule has 3 rings (SSSR count). The zero-order valence-electron chi connectivity index (χ0n) is 11.4. The number of para-hydroxylation sites is 1. The molecule has 1 aromatic rings. The molecule has 0 radical (unpaired) electrons. The SMILES string of the molecule is NC1(C(=O)NC2COc3ccccc3C2)CCOCC1. The summed E-state index contributed by atoms with van der Waals surface area (Å²) in [7, 11) is 0. The predicted molar refractivity (Wildman–Crippen MR) is 74.5 cm³/mol. The molecule has 2 aliphatic heterocycles. The van der Waals surface area contributed by atoms with Gasteiger partial charge in [-0.15, -0.1) is 0 Å². The highest BCUT2D eigenvalue weighted by molar-refractivity contribution is 5.86. The molecule has 0 bridgehead atoms. The molecule has 0 aromatic heterocycles. The van der Waals surface area contributed by atoms with Gasteiger partial charge in [-0.25, -0.2) is 0 Å². The molecule has 1 fully saturated rings. The van der Waals surface area contributed by atoms with Crippen LogP contribution in [0.4, 0.5) is 0 Å². The summed E-state index contributed by atoms with van der Waals surface area (Å²) in [6.45, 7) is 1.59. The van der Waals surface area contributed by atoms with Crippen LogP contribution in [0.2, 0.25) is 0 Å². The Balaban J connectivity index is 1.63. The zero-order valence-corrected chi connectivity index (χ0v) is 11.4. The molecule has 2 aliphatic rings. The predicted octanol–water partition coefficient (Wildman–Crippen LogP) is 0.614. The lowest BCUT2D eigenvalue weighted by molar-refractivity contribution is -0.130. The van der Waals surface area contributed by atoms with Gasteiger partial charge in [0.25, 0.3) is 0 Å². The van der Waals surface area contributed by atoms with Crippen molar-refractivity contribution >= 4 is 5.91 Å². The maximum Gasteiger partial charge on any atom is 0.240 e. The number of benzene rings is 1. The Kier molecular flexibility index (Phi) is 3.63. The first-order valence-electron chi connectivity index (χ1n) is 7.06. The van der Waals surface area contributed by atoms with Gasteiger partial charge < -0.3 is 20.5 Å². The van der Waals surface area contributed by atoms with Crippen LogP contribution in [0.25, 0.3) is 0 Å². The summed E-state index contributed by atoms with van der Waals surface area (Å²) < 4.78 is 10.9. The van der Waals surface area contributed by atoms with E-state index in [-0.39, 0.29) is 11.9 Å². The van der Waals surface area contributed by atoms with Gasteiger partial charge in [-0.1, -0.05) is 18.2 Å². The summed E-state index contributed by atoms with van der Waals surface area (Å²) in [6, 6.07) is 7.90. The van der Waals surface area contributed by atoms with Crippen molar-refractivity contribution in [3.63, 3.8) is 0 Å². The minimum atomic E-state index is -0.796. The highest BCUT2D eigenvalue weighted by Gasteiger charge is 2.37. The molecule has 1 saturated heterocycles. The quantitative estimate of drug-likeness (QED) is 0.830. The number of hydrogen-bond acceptors (Lipinski definition) is 4.